The first kappa shape index (κ1) is 25.6. The van der Waals surface area contributed by atoms with Crippen LogP contribution in [-0.4, -0.2) is 65.9 Å². The summed E-state index contributed by atoms with van der Waals surface area (Å²) in [5, 5.41) is 7.13. The summed E-state index contributed by atoms with van der Waals surface area (Å²) in [7, 11) is 5.90. The molecule has 2 heterocycles. The van der Waals surface area contributed by atoms with Gasteiger partial charge in [-0.15, -0.1) is 0 Å². The number of hydrogen-bond acceptors (Lipinski definition) is 7. The summed E-state index contributed by atoms with van der Waals surface area (Å²) in [5.74, 6) is 0.661. The average molecular weight is 498 g/mol. The Labute approximate surface area is 216 Å². The number of benzene rings is 2. The van der Waals surface area contributed by atoms with Crippen molar-refractivity contribution in [3.05, 3.63) is 78.6 Å². The molecule has 0 fully saturated rings. The molecule has 0 atom stereocenters. The van der Waals surface area contributed by atoms with Crippen LogP contribution in [0.4, 0.5) is 23.0 Å². The SMILES string of the molecule is C=CC(=O)Nc1cc(Nc2nccc(-n3ccc4cc(C)ccc43)n2)c(C=O)cc1N(C)CCN(C)C. The molecule has 9 nitrogen and oxygen atoms in total. The summed E-state index contributed by atoms with van der Waals surface area (Å²) in [6.45, 7) is 7.11. The summed E-state index contributed by atoms with van der Waals surface area (Å²) in [6.07, 6.45) is 5.61. The number of aldehydes is 1. The molecule has 1 amide bonds. The Morgan fingerprint density at radius 1 is 1.08 bits per heavy atom. The lowest BCUT2D eigenvalue weighted by atomic mass is 10.1. The number of fused-ring (bicyclic) bond motifs is 1. The van der Waals surface area contributed by atoms with Crippen LogP contribution in [0.1, 0.15) is 15.9 Å². The van der Waals surface area contributed by atoms with E-state index in [1.165, 1.54) is 11.6 Å². The quantitative estimate of drug-likeness (QED) is 0.248. The first-order valence-electron chi connectivity index (χ1n) is 11.9. The van der Waals surface area contributed by atoms with E-state index in [2.05, 4.69) is 57.2 Å². The first-order valence-corrected chi connectivity index (χ1v) is 11.9. The standard InChI is InChI=1S/C28H31N7O2/c1-6-27(37)30-23-17-22(21(18-36)16-25(23)34(5)14-13-33(3)4)31-28-29-11-9-26(32-28)35-12-10-20-15-19(2)7-8-24(20)35/h6-12,15-18H,1,13-14H2,2-5H3,(H,30,37)(H,29,31,32). The van der Waals surface area contributed by atoms with E-state index in [1.807, 2.05) is 48.9 Å². The molecule has 0 spiro atoms. The predicted molar refractivity (Wildman–Crippen MR) is 149 cm³/mol. The van der Waals surface area contributed by atoms with Crippen LogP contribution in [0, 0.1) is 6.92 Å². The molecule has 0 aliphatic rings. The Morgan fingerprint density at radius 2 is 1.89 bits per heavy atom. The lowest BCUT2D eigenvalue weighted by Crippen LogP contribution is -2.29. The molecular weight excluding hydrogens is 466 g/mol. The van der Waals surface area contributed by atoms with E-state index in [0.717, 1.165) is 23.7 Å². The first-order chi connectivity index (χ1) is 17.8. The summed E-state index contributed by atoms with van der Waals surface area (Å²) in [5.41, 5.74) is 4.37. The summed E-state index contributed by atoms with van der Waals surface area (Å²) >= 11 is 0. The number of anilines is 4. The van der Waals surface area contributed by atoms with Crippen LogP contribution in [0.25, 0.3) is 16.7 Å². The van der Waals surface area contributed by atoms with Gasteiger partial charge in [-0.1, -0.05) is 18.2 Å². The van der Waals surface area contributed by atoms with Crippen molar-refractivity contribution >= 4 is 46.1 Å². The largest absolute Gasteiger partial charge is 0.372 e. The van der Waals surface area contributed by atoms with Gasteiger partial charge in [0.25, 0.3) is 0 Å². The number of amides is 1. The van der Waals surface area contributed by atoms with Crippen LogP contribution in [0.3, 0.4) is 0 Å². The second kappa shape index (κ2) is 11.0. The van der Waals surface area contributed by atoms with Crippen LogP contribution in [-0.2, 0) is 4.79 Å². The Balaban J connectivity index is 1.70. The van der Waals surface area contributed by atoms with Gasteiger partial charge < -0.3 is 25.0 Å². The third-order valence-electron chi connectivity index (χ3n) is 6.01. The number of carbonyl (C=O) groups is 2. The maximum atomic E-state index is 12.2. The maximum absolute atomic E-state index is 12.2. The monoisotopic (exact) mass is 497 g/mol. The highest BCUT2D eigenvalue weighted by Gasteiger charge is 2.16. The van der Waals surface area contributed by atoms with Crippen LogP contribution < -0.4 is 15.5 Å². The van der Waals surface area contributed by atoms with Crippen molar-refractivity contribution in [1.82, 2.24) is 19.4 Å². The fraction of sp³-hybridized carbons (Fsp3) is 0.214. The molecule has 2 N–H and O–H groups in total. The number of carbonyl (C=O) groups excluding carboxylic acids is 2. The second-order valence-corrected chi connectivity index (χ2v) is 9.10. The van der Waals surface area contributed by atoms with Gasteiger partial charge in [0.2, 0.25) is 11.9 Å². The molecule has 2 aromatic carbocycles. The molecule has 0 aliphatic carbocycles. The Kier molecular flexibility index (Phi) is 7.64. The van der Waals surface area contributed by atoms with Crippen LogP contribution in [0.2, 0.25) is 0 Å². The number of likely N-dealkylation sites (N-methyl/N-ethyl adjacent to an activating group) is 2. The minimum Gasteiger partial charge on any atom is -0.372 e. The Morgan fingerprint density at radius 3 is 2.62 bits per heavy atom. The van der Waals surface area contributed by atoms with Crippen LogP contribution in [0.5, 0.6) is 0 Å². The van der Waals surface area contributed by atoms with Crippen molar-refractivity contribution in [3.63, 3.8) is 0 Å². The highest BCUT2D eigenvalue weighted by atomic mass is 16.1. The van der Waals surface area contributed by atoms with E-state index in [9.17, 15) is 9.59 Å². The topological polar surface area (TPSA) is 95.4 Å². The minimum absolute atomic E-state index is 0.323. The molecule has 4 aromatic rings. The van der Waals surface area contributed by atoms with E-state index in [4.69, 9.17) is 0 Å². The third kappa shape index (κ3) is 5.84. The molecule has 37 heavy (non-hydrogen) atoms. The second-order valence-electron chi connectivity index (χ2n) is 9.10. The molecule has 4 rings (SSSR count). The molecule has 9 heteroatoms. The number of aromatic nitrogens is 3. The van der Waals surface area contributed by atoms with Gasteiger partial charge in [-0.05, 0) is 63.5 Å². The van der Waals surface area contributed by atoms with Crippen LogP contribution in [0.15, 0.2) is 67.5 Å². The molecule has 0 aliphatic heterocycles. The van der Waals surface area contributed by atoms with Gasteiger partial charge in [-0.2, -0.15) is 4.98 Å². The molecule has 0 saturated carbocycles. The molecule has 0 radical (unpaired) electrons. The van der Waals surface area contributed by atoms with E-state index in [0.29, 0.717) is 40.9 Å². The Bertz CT molecular complexity index is 1460. The zero-order chi connectivity index (χ0) is 26.5. The molecule has 2 aromatic heterocycles. The highest BCUT2D eigenvalue weighted by Crippen LogP contribution is 2.33. The van der Waals surface area contributed by atoms with E-state index in [1.54, 1.807) is 18.3 Å². The zero-order valence-electron chi connectivity index (χ0n) is 21.5. The van der Waals surface area contributed by atoms with Gasteiger partial charge in [0.05, 0.1) is 22.6 Å². The van der Waals surface area contributed by atoms with Crippen molar-refractivity contribution in [2.24, 2.45) is 0 Å². The molecule has 0 unspecified atom stereocenters. The number of rotatable bonds is 10. The van der Waals surface area contributed by atoms with Crippen molar-refractivity contribution in [3.8, 4) is 5.82 Å². The fourth-order valence-corrected chi connectivity index (χ4v) is 4.01. The highest BCUT2D eigenvalue weighted by molar-refractivity contribution is 6.03. The van der Waals surface area contributed by atoms with Gasteiger partial charge in [0.1, 0.15) is 5.82 Å². The fourth-order valence-electron chi connectivity index (χ4n) is 4.01. The van der Waals surface area contributed by atoms with Crippen molar-refractivity contribution in [2.75, 3.05) is 49.8 Å². The third-order valence-corrected chi connectivity index (χ3v) is 6.01. The van der Waals surface area contributed by atoms with Gasteiger partial charge >= 0.3 is 0 Å². The Hall–Kier alpha value is -4.50. The average Bonchev–Trinajstić information content (AvgIpc) is 3.30. The molecular formula is C28H31N7O2. The summed E-state index contributed by atoms with van der Waals surface area (Å²) < 4.78 is 1.99. The smallest absolute Gasteiger partial charge is 0.247 e. The minimum atomic E-state index is -0.347. The van der Waals surface area contributed by atoms with Crippen LogP contribution >= 0.6 is 0 Å². The number of nitrogens with one attached hydrogen (secondary N) is 2. The molecule has 190 valence electrons. The van der Waals surface area contributed by atoms with Crippen molar-refractivity contribution in [2.45, 2.75) is 6.92 Å². The van der Waals surface area contributed by atoms with Crippen molar-refractivity contribution in [1.29, 1.82) is 0 Å². The number of hydrogen-bond donors (Lipinski definition) is 2. The van der Waals surface area contributed by atoms with Gasteiger partial charge in [-0.3, -0.25) is 9.59 Å². The zero-order valence-corrected chi connectivity index (χ0v) is 21.5. The van der Waals surface area contributed by atoms with E-state index >= 15 is 0 Å². The molecule has 0 saturated heterocycles. The number of aryl methyl sites for hydroxylation is 1. The molecule has 0 bridgehead atoms. The summed E-state index contributed by atoms with van der Waals surface area (Å²) in [6, 6.07) is 13.6. The van der Waals surface area contributed by atoms with Gasteiger partial charge in [-0.25, -0.2) is 4.98 Å². The number of nitrogens with zero attached hydrogens (tertiary/aromatic N) is 5. The van der Waals surface area contributed by atoms with Gasteiger partial charge in [0, 0.05) is 43.5 Å². The van der Waals surface area contributed by atoms with E-state index < -0.39 is 0 Å². The summed E-state index contributed by atoms with van der Waals surface area (Å²) in [4.78, 5) is 37.3. The predicted octanol–water partition coefficient (Wildman–Crippen LogP) is 4.41. The van der Waals surface area contributed by atoms with Gasteiger partial charge in [0.15, 0.2) is 6.29 Å². The van der Waals surface area contributed by atoms with E-state index in [-0.39, 0.29) is 5.91 Å². The normalized spacial score (nSPS) is 10.9. The maximum Gasteiger partial charge on any atom is 0.247 e. The lowest BCUT2D eigenvalue weighted by Gasteiger charge is -2.25. The van der Waals surface area contributed by atoms with Crippen molar-refractivity contribution < 1.29 is 9.59 Å². The lowest BCUT2D eigenvalue weighted by molar-refractivity contribution is -0.111.